The van der Waals surface area contributed by atoms with E-state index in [1.54, 1.807) is 0 Å². The second-order valence-corrected chi connectivity index (χ2v) is 5.12. The lowest BCUT2D eigenvalue weighted by atomic mass is 9.83. The number of carbonyl (C=O) groups is 1. The minimum atomic E-state index is -0.398. The van der Waals surface area contributed by atoms with E-state index in [0.717, 1.165) is 31.5 Å². The highest BCUT2D eigenvalue weighted by atomic mass is 16.1. The van der Waals surface area contributed by atoms with Gasteiger partial charge in [0.15, 0.2) is 0 Å². The first-order valence-corrected chi connectivity index (χ1v) is 6.90. The van der Waals surface area contributed by atoms with Crippen molar-refractivity contribution in [1.82, 2.24) is 4.90 Å². The zero-order valence-corrected chi connectivity index (χ0v) is 11.9. The number of hydrogen-bond acceptors (Lipinski definition) is 2. The Labute approximate surface area is 111 Å². The molecule has 0 aliphatic rings. The van der Waals surface area contributed by atoms with E-state index in [0.29, 0.717) is 0 Å². The molecule has 2 nitrogen and oxygen atoms in total. The number of unbranched alkanes of at least 4 members (excludes halogenated alkanes) is 1. The summed E-state index contributed by atoms with van der Waals surface area (Å²) in [4.78, 5) is 13.9. The largest absolute Gasteiger partial charge is 0.302 e. The number of hydrogen-bond donors (Lipinski definition) is 0. The van der Waals surface area contributed by atoms with Crippen molar-refractivity contribution in [2.75, 3.05) is 19.6 Å². The molecule has 100 valence electrons. The summed E-state index contributed by atoms with van der Waals surface area (Å²) in [5, 5.41) is 0. The predicted molar refractivity (Wildman–Crippen MR) is 76.9 cm³/mol. The first kappa shape index (κ1) is 14.9. The topological polar surface area (TPSA) is 20.3 Å². The molecule has 1 aromatic carbocycles. The SMILES string of the molecule is CCCCN(CC)CC(C)(C=O)c1ccccc1. The Bertz CT molecular complexity index is 349. The van der Waals surface area contributed by atoms with Gasteiger partial charge >= 0.3 is 0 Å². The summed E-state index contributed by atoms with van der Waals surface area (Å²) >= 11 is 0. The van der Waals surface area contributed by atoms with Gasteiger partial charge in [-0.15, -0.1) is 0 Å². The van der Waals surface area contributed by atoms with E-state index in [1.807, 2.05) is 37.3 Å². The van der Waals surface area contributed by atoms with E-state index in [2.05, 4.69) is 18.7 Å². The van der Waals surface area contributed by atoms with E-state index < -0.39 is 5.41 Å². The molecular weight excluding hydrogens is 222 g/mol. The van der Waals surface area contributed by atoms with Crippen molar-refractivity contribution < 1.29 is 4.79 Å². The number of benzene rings is 1. The second-order valence-electron chi connectivity index (χ2n) is 5.12. The lowest BCUT2D eigenvalue weighted by Gasteiger charge is -2.31. The second kappa shape index (κ2) is 7.32. The lowest BCUT2D eigenvalue weighted by Crippen LogP contribution is -2.40. The Hall–Kier alpha value is -1.15. The first-order chi connectivity index (χ1) is 8.66. The van der Waals surface area contributed by atoms with E-state index in [4.69, 9.17) is 0 Å². The normalized spacial score (nSPS) is 14.4. The smallest absolute Gasteiger partial charge is 0.131 e. The molecule has 0 amide bonds. The van der Waals surface area contributed by atoms with Gasteiger partial charge in [-0.3, -0.25) is 0 Å². The molecule has 0 spiro atoms. The standard InChI is InChI=1S/C16H25NO/c1-4-6-12-17(5-2)13-16(3,14-18)15-10-8-7-9-11-15/h7-11,14H,4-6,12-13H2,1-3H3. The Morgan fingerprint density at radius 3 is 2.39 bits per heavy atom. The van der Waals surface area contributed by atoms with Gasteiger partial charge in [-0.2, -0.15) is 0 Å². The molecule has 0 saturated carbocycles. The number of carbonyl (C=O) groups excluding carboxylic acids is 1. The van der Waals surface area contributed by atoms with Crippen molar-refractivity contribution in [3.05, 3.63) is 35.9 Å². The van der Waals surface area contributed by atoms with Crippen LogP contribution in [-0.2, 0) is 10.2 Å². The summed E-state index contributed by atoms with van der Waals surface area (Å²) < 4.78 is 0. The summed E-state index contributed by atoms with van der Waals surface area (Å²) in [6.07, 6.45) is 3.48. The molecule has 0 aliphatic carbocycles. The van der Waals surface area contributed by atoms with Crippen molar-refractivity contribution in [3.8, 4) is 0 Å². The van der Waals surface area contributed by atoms with Crippen LogP contribution >= 0.6 is 0 Å². The third-order valence-corrected chi connectivity index (χ3v) is 3.52. The van der Waals surface area contributed by atoms with Crippen LogP contribution in [-0.4, -0.2) is 30.8 Å². The Morgan fingerprint density at radius 1 is 1.22 bits per heavy atom. The Kier molecular flexibility index (Phi) is 6.06. The van der Waals surface area contributed by atoms with Crippen LogP contribution in [0, 0.1) is 0 Å². The zero-order valence-electron chi connectivity index (χ0n) is 11.9. The molecule has 0 radical (unpaired) electrons. The molecule has 1 unspecified atom stereocenters. The maximum Gasteiger partial charge on any atom is 0.131 e. The van der Waals surface area contributed by atoms with Gasteiger partial charge in [0.1, 0.15) is 6.29 Å². The average molecular weight is 247 g/mol. The van der Waals surface area contributed by atoms with Crippen LogP contribution in [0.4, 0.5) is 0 Å². The number of rotatable bonds is 8. The van der Waals surface area contributed by atoms with Crippen LogP contribution in [0.3, 0.4) is 0 Å². The quantitative estimate of drug-likeness (QED) is 0.657. The minimum absolute atomic E-state index is 0.398. The fourth-order valence-electron chi connectivity index (χ4n) is 2.21. The fraction of sp³-hybridized carbons (Fsp3) is 0.562. The van der Waals surface area contributed by atoms with Gasteiger partial charge in [-0.05, 0) is 32.0 Å². The molecular formula is C16H25NO. The highest BCUT2D eigenvalue weighted by Crippen LogP contribution is 2.22. The minimum Gasteiger partial charge on any atom is -0.302 e. The van der Waals surface area contributed by atoms with Gasteiger partial charge < -0.3 is 9.69 Å². The molecule has 2 heteroatoms. The summed E-state index contributed by atoms with van der Waals surface area (Å²) in [5.41, 5.74) is 0.709. The zero-order chi connectivity index (χ0) is 13.4. The number of nitrogens with zero attached hydrogens (tertiary/aromatic N) is 1. The molecule has 0 N–H and O–H groups in total. The van der Waals surface area contributed by atoms with E-state index in [1.165, 1.54) is 12.8 Å². The van der Waals surface area contributed by atoms with Crippen LogP contribution in [0.15, 0.2) is 30.3 Å². The molecule has 1 atom stereocenters. The molecule has 0 fully saturated rings. The van der Waals surface area contributed by atoms with Gasteiger partial charge in [0.25, 0.3) is 0 Å². The molecule has 0 saturated heterocycles. The summed E-state index contributed by atoms with van der Waals surface area (Å²) in [6.45, 7) is 9.26. The van der Waals surface area contributed by atoms with E-state index in [9.17, 15) is 4.79 Å². The van der Waals surface area contributed by atoms with Crippen molar-refractivity contribution in [1.29, 1.82) is 0 Å². The lowest BCUT2D eigenvalue weighted by molar-refractivity contribution is -0.112. The summed E-state index contributed by atoms with van der Waals surface area (Å²) in [5.74, 6) is 0. The van der Waals surface area contributed by atoms with E-state index >= 15 is 0 Å². The van der Waals surface area contributed by atoms with Crippen molar-refractivity contribution in [2.24, 2.45) is 0 Å². The molecule has 18 heavy (non-hydrogen) atoms. The third-order valence-electron chi connectivity index (χ3n) is 3.52. The van der Waals surface area contributed by atoms with Crippen molar-refractivity contribution in [2.45, 2.75) is 39.0 Å². The van der Waals surface area contributed by atoms with Crippen LogP contribution in [0.5, 0.6) is 0 Å². The first-order valence-electron chi connectivity index (χ1n) is 6.90. The fourth-order valence-corrected chi connectivity index (χ4v) is 2.21. The van der Waals surface area contributed by atoms with Crippen molar-refractivity contribution in [3.63, 3.8) is 0 Å². The highest BCUT2D eigenvalue weighted by Gasteiger charge is 2.28. The number of aldehydes is 1. The summed E-state index contributed by atoms with van der Waals surface area (Å²) in [7, 11) is 0. The third kappa shape index (κ3) is 3.95. The molecule has 0 aliphatic heterocycles. The monoisotopic (exact) mass is 247 g/mol. The van der Waals surface area contributed by atoms with Gasteiger partial charge in [0, 0.05) is 6.54 Å². The van der Waals surface area contributed by atoms with Crippen LogP contribution < -0.4 is 0 Å². The molecule has 0 aromatic heterocycles. The Balaban J connectivity index is 2.78. The predicted octanol–water partition coefficient (Wildman–Crippen LogP) is 3.27. The maximum absolute atomic E-state index is 11.5. The Morgan fingerprint density at radius 2 is 1.89 bits per heavy atom. The highest BCUT2D eigenvalue weighted by molar-refractivity contribution is 5.68. The van der Waals surface area contributed by atoms with Gasteiger partial charge in [0.2, 0.25) is 0 Å². The van der Waals surface area contributed by atoms with Crippen LogP contribution in [0.25, 0.3) is 0 Å². The maximum atomic E-state index is 11.5. The van der Waals surface area contributed by atoms with Gasteiger partial charge in [0.05, 0.1) is 5.41 Å². The molecule has 1 rings (SSSR count). The molecule has 1 aromatic rings. The average Bonchev–Trinajstić information content (AvgIpc) is 2.44. The molecule has 0 bridgehead atoms. The summed E-state index contributed by atoms with van der Waals surface area (Å²) in [6, 6.07) is 10.1. The van der Waals surface area contributed by atoms with Crippen LogP contribution in [0.1, 0.15) is 39.2 Å². The number of likely N-dealkylation sites (N-methyl/N-ethyl adjacent to an activating group) is 1. The van der Waals surface area contributed by atoms with Crippen LogP contribution in [0.2, 0.25) is 0 Å². The van der Waals surface area contributed by atoms with E-state index in [-0.39, 0.29) is 0 Å². The molecule has 0 heterocycles. The van der Waals surface area contributed by atoms with Gasteiger partial charge in [-0.25, -0.2) is 0 Å². The van der Waals surface area contributed by atoms with Crippen molar-refractivity contribution >= 4 is 6.29 Å². The van der Waals surface area contributed by atoms with Gasteiger partial charge in [-0.1, -0.05) is 50.6 Å².